The molecule has 0 aliphatic heterocycles. The van der Waals surface area contributed by atoms with Gasteiger partial charge in [-0.15, -0.1) is 4.91 Å². The molecule has 7 nitrogen and oxygen atoms in total. The standard InChI is InChI=1S/C11H18N4O3/c1-5-6-15-7-8(14-17)9(13-15)12-10(16)18-11(2,3)4/h7H,5-6H2,1-4H3,(H,12,13,16). The average molecular weight is 254 g/mol. The quantitative estimate of drug-likeness (QED) is 0.837. The van der Waals surface area contributed by atoms with Gasteiger partial charge in [-0.3, -0.25) is 10.00 Å². The molecular weight excluding hydrogens is 236 g/mol. The second kappa shape index (κ2) is 5.61. The fourth-order valence-electron chi connectivity index (χ4n) is 1.31. The van der Waals surface area contributed by atoms with Crippen molar-refractivity contribution in [3.8, 4) is 0 Å². The number of carbonyl (C=O) groups is 1. The zero-order chi connectivity index (χ0) is 13.8. The SMILES string of the molecule is CCCn1cc(N=O)c(NC(=O)OC(C)(C)C)n1. The van der Waals surface area contributed by atoms with Crippen molar-refractivity contribution in [1.82, 2.24) is 9.78 Å². The fourth-order valence-corrected chi connectivity index (χ4v) is 1.31. The van der Waals surface area contributed by atoms with Crippen molar-refractivity contribution in [2.75, 3.05) is 5.32 Å². The van der Waals surface area contributed by atoms with Gasteiger partial charge in [-0.1, -0.05) is 6.92 Å². The lowest BCUT2D eigenvalue weighted by atomic mass is 10.2. The summed E-state index contributed by atoms with van der Waals surface area (Å²) in [6, 6.07) is 0. The van der Waals surface area contributed by atoms with Gasteiger partial charge in [0.25, 0.3) is 0 Å². The number of aromatic nitrogens is 2. The summed E-state index contributed by atoms with van der Waals surface area (Å²) >= 11 is 0. The van der Waals surface area contributed by atoms with Gasteiger partial charge >= 0.3 is 6.09 Å². The lowest BCUT2D eigenvalue weighted by molar-refractivity contribution is 0.0635. The first-order valence-electron chi connectivity index (χ1n) is 5.76. The monoisotopic (exact) mass is 254 g/mol. The third-order valence-corrected chi connectivity index (χ3v) is 1.91. The number of anilines is 1. The minimum absolute atomic E-state index is 0.0920. The molecule has 1 amide bonds. The van der Waals surface area contributed by atoms with Gasteiger partial charge in [0.05, 0.1) is 6.20 Å². The number of nitroso groups, excluding NO2 is 1. The largest absolute Gasteiger partial charge is 0.444 e. The summed E-state index contributed by atoms with van der Waals surface area (Å²) in [5.74, 6) is 0.118. The number of carbonyl (C=O) groups excluding carboxylic acids is 1. The molecule has 0 spiro atoms. The smallest absolute Gasteiger partial charge is 0.413 e. The normalized spacial score (nSPS) is 11.1. The van der Waals surface area contributed by atoms with E-state index in [4.69, 9.17) is 4.74 Å². The number of hydrogen-bond donors (Lipinski definition) is 1. The highest BCUT2D eigenvalue weighted by atomic mass is 16.6. The molecule has 1 aromatic heterocycles. The number of nitrogens with zero attached hydrogens (tertiary/aromatic N) is 3. The zero-order valence-corrected chi connectivity index (χ0v) is 11.1. The van der Waals surface area contributed by atoms with Crippen LogP contribution in [0.1, 0.15) is 34.1 Å². The molecule has 1 rings (SSSR count). The Morgan fingerprint density at radius 1 is 1.56 bits per heavy atom. The van der Waals surface area contributed by atoms with Crippen molar-refractivity contribution in [3.63, 3.8) is 0 Å². The highest BCUT2D eigenvalue weighted by Crippen LogP contribution is 2.23. The fraction of sp³-hybridized carbons (Fsp3) is 0.636. The molecule has 100 valence electrons. The summed E-state index contributed by atoms with van der Waals surface area (Å²) in [6.07, 6.45) is 1.70. The van der Waals surface area contributed by atoms with Crippen LogP contribution in [0.25, 0.3) is 0 Å². The Balaban J connectivity index is 2.77. The van der Waals surface area contributed by atoms with Gasteiger partial charge in [-0.25, -0.2) is 4.79 Å². The molecule has 0 aromatic carbocycles. The molecule has 0 bridgehead atoms. The summed E-state index contributed by atoms with van der Waals surface area (Å²) in [6.45, 7) is 7.89. The Kier molecular flexibility index (Phi) is 4.41. The van der Waals surface area contributed by atoms with Gasteiger partial charge in [-0.05, 0) is 32.4 Å². The highest BCUT2D eigenvalue weighted by Gasteiger charge is 2.19. The van der Waals surface area contributed by atoms with Gasteiger partial charge in [-0.2, -0.15) is 5.10 Å². The third kappa shape index (κ3) is 4.15. The van der Waals surface area contributed by atoms with Gasteiger partial charge in [0, 0.05) is 6.54 Å². The number of amides is 1. The van der Waals surface area contributed by atoms with Crippen LogP contribution in [0.3, 0.4) is 0 Å². The number of nitrogens with one attached hydrogen (secondary N) is 1. The van der Waals surface area contributed by atoms with E-state index in [0.29, 0.717) is 6.54 Å². The summed E-state index contributed by atoms with van der Waals surface area (Å²) in [4.78, 5) is 22.2. The van der Waals surface area contributed by atoms with Crippen molar-refractivity contribution in [2.45, 2.75) is 46.3 Å². The van der Waals surface area contributed by atoms with E-state index in [0.717, 1.165) is 6.42 Å². The van der Waals surface area contributed by atoms with Crippen LogP contribution < -0.4 is 5.32 Å². The lowest BCUT2D eigenvalue weighted by Crippen LogP contribution is -2.27. The molecular formula is C11H18N4O3. The second-order valence-electron chi connectivity index (χ2n) is 4.84. The van der Waals surface area contributed by atoms with Crippen molar-refractivity contribution in [2.24, 2.45) is 5.18 Å². The van der Waals surface area contributed by atoms with Crippen molar-refractivity contribution >= 4 is 17.6 Å². The van der Waals surface area contributed by atoms with Crippen LogP contribution >= 0.6 is 0 Å². The maximum absolute atomic E-state index is 11.5. The zero-order valence-electron chi connectivity index (χ0n) is 11.1. The van der Waals surface area contributed by atoms with Crippen LogP contribution in [0.4, 0.5) is 16.3 Å². The summed E-state index contributed by atoms with van der Waals surface area (Å²) < 4.78 is 6.63. The summed E-state index contributed by atoms with van der Waals surface area (Å²) in [5.41, 5.74) is -0.514. The van der Waals surface area contributed by atoms with E-state index in [2.05, 4.69) is 15.6 Å². The first-order valence-corrected chi connectivity index (χ1v) is 5.76. The highest BCUT2D eigenvalue weighted by molar-refractivity contribution is 5.87. The molecule has 0 atom stereocenters. The van der Waals surface area contributed by atoms with Crippen LogP contribution in [-0.2, 0) is 11.3 Å². The number of hydrogen-bond acceptors (Lipinski definition) is 5. The maximum Gasteiger partial charge on any atom is 0.413 e. The molecule has 1 heterocycles. The van der Waals surface area contributed by atoms with E-state index < -0.39 is 11.7 Å². The summed E-state index contributed by atoms with van der Waals surface area (Å²) in [7, 11) is 0. The third-order valence-electron chi connectivity index (χ3n) is 1.91. The molecule has 0 aliphatic rings. The van der Waals surface area contributed by atoms with Gasteiger partial charge in [0.15, 0.2) is 11.5 Å². The van der Waals surface area contributed by atoms with Crippen LogP contribution in [0.2, 0.25) is 0 Å². The average Bonchev–Trinajstić information content (AvgIpc) is 2.57. The van der Waals surface area contributed by atoms with E-state index in [1.807, 2.05) is 6.92 Å². The lowest BCUT2D eigenvalue weighted by Gasteiger charge is -2.19. The molecule has 0 saturated heterocycles. The van der Waals surface area contributed by atoms with Crippen molar-refractivity contribution in [1.29, 1.82) is 0 Å². The first-order chi connectivity index (χ1) is 8.35. The van der Waals surface area contributed by atoms with E-state index in [1.165, 1.54) is 6.20 Å². The van der Waals surface area contributed by atoms with E-state index >= 15 is 0 Å². The molecule has 0 radical (unpaired) electrons. The molecule has 0 unspecified atom stereocenters. The second-order valence-corrected chi connectivity index (χ2v) is 4.84. The Morgan fingerprint density at radius 3 is 2.72 bits per heavy atom. The van der Waals surface area contributed by atoms with Crippen molar-refractivity contribution < 1.29 is 9.53 Å². The van der Waals surface area contributed by atoms with Gasteiger partial charge in [0.2, 0.25) is 0 Å². The molecule has 1 N–H and O–H groups in total. The molecule has 18 heavy (non-hydrogen) atoms. The van der Waals surface area contributed by atoms with E-state index in [9.17, 15) is 9.70 Å². The minimum atomic E-state index is -0.658. The first kappa shape index (κ1) is 14.1. The number of aryl methyl sites for hydroxylation is 1. The van der Waals surface area contributed by atoms with E-state index in [1.54, 1.807) is 25.5 Å². The number of ether oxygens (including phenoxy) is 1. The molecule has 1 aromatic rings. The predicted molar refractivity (Wildman–Crippen MR) is 67.8 cm³/mol. The van der Waals surface area contributed by atoms with E-state index in [-0.39, 0.29) is 11.5 Å². The molecule has 0 aliphatic carbocycles. The molecule has 0 fully saturated rings. The summed E-state index contributed by atoms with van der Waals surface area (Å²) in [5, 5.41) is 9.28. The van der Waals surface area contributed by atoms with Crippen LogP contribution in [0.5, 0.6) is 0 Å². The molecule has 7 heteroatoms. The van der Waals surface area contributed by atoms with Crippen molar-refractivity contribution in [3.05, 3.63) is 11.1 Å². The number of rotatable bonds is 4. The Morgan fingerprint density at radius 2 is 2.22 bits per heavy atom. The van der Waals surface area contributed by atoms with Gasteiger partial charge in [0.1, 0.15) is 5.60 Å². The Bertz CT molecular complexity index is 434. The predicted octanol–water partition coefficient (Wildman–Crippen LogP) is 3.04. The van der Waals surface area contributed by atoms with Crippen LogP contribution in [0, 0.1) is 4.91 Å². The van der Waals surface area contributed by atoms with Crippen LogP contribution in [-0.4, -0.2) is 21.5 Å². The van der Waals surface area contributed by atoms with Gasteiger partial charge < -0.3 is 4.74 Å². The minimum Gasteiger partial charge on any atom is -0.444 e. The Labute approximate surface area is 105 Å². The molecule has 0 saturated carbocycles. The Hall–Kier alpha value is -1.92. The van der Waals surface area contributed by atoms with Crippen LogP contribution in [0.15, 0.2) is 11.4 Å². The topological polar surface area (TPSA) is 85.6 Å². The maximum atomic E-state index is 11.5.